The molecular formula is C27H21F5N4O4S2. The highest BCUT2D eigenvalue weighted by atomic mass is 32.2. The second kappa shape index (κ2) is 10.7. The first-order valence-electron chi connectivity index (χ1n) is 12.3. The Morgan fingerprint density at radius 1 is 1.14 bits per heavy atom. The largest absolute Gasteiger partial charge is 0.476 e. The number of allylic oxidation sites excluding steroid dienone is 1. The molecule has 220 valence electrons. The van der Waals surface area contributed by atoms with E-state index in [2.05, 4.69) is 16.7 Å². The van der Waals surface area contributed by atoms with Gasteiger partial charge in [0.05, 0.1) is 17.0 Å². The van der Waals surface area contributed by atoms with E-state index in [0.717, 1.165) is 48.4 Å². The van der Waals surface area contributed by atoms with E-state index in [1.54, 1.807) is 0 Å². The molecule has 0 atom stereocenters. The summed E-state index contributed by atoms with van der Waals surface area (Å²) in [5, 5.41) is 20.5. The van der Waals surface area contributed by atoms with Gasteiger partial charge in [-0.15, -0.1) is 11.3 Å². The van der Waals surface area contributed by atoms with Crippen LogP contribution in [-0.2, 0) is 22.9 Å². The molecule has 5 rings (SSSR count). The van der Waals surface area contributed by atoms with E-state index < -0.39 is 49.8 Å². The van der Waals surface area contributed by atoms with Crippen molar-refractivity contribution in [1.29, 1.82) is 0 Å². The maximum absolute atomic E-state index is 14.7. The minimum Gasteiger partial charge on any atom is -0.476 e. The van der Waals surface area contributed by atoms with Crippen LogP contribution >= 0.6 is 11.3 Å². The van der Waals surface area contributed by atoms with Gasteiger partial charge in [0.15, 0.2) is 5.69 Å². The van der Waals surface area contributed by atoms with Gasteiger partial charge in [-0.2, -0.15) is 18.3 Å². The number of alkyl halides is 3. The smallest absolute Gasteiger partial charge is 0.416 e. The zero-order valence-electron chi connectivity index (χ0n) is 21.5. The monoisotopic (exact) mass is 624 g/mol. The molecule has 15 heteroatoms. The summed E-state index contributed by atoms with van der Waals surface area (Å²) in [6.45, 7) is 3.00. The molecule has 0 radical (unpaired) electrons. The average Bonchev–Trinajstić information content (AvgIpc) is 3.45. The molecule has 42 heavy (non-hydrogen) atoms. The number of halogens is 5. The Morgan fingerprint density at radius 3 is 2.43 bits per heavy atom. The second-order valence-corrected chi connectivity index (χ2v) is 12.2. The van der Waals surface area contributed by atoms with Gasteiger partial charge in [0, 0.05) is 28.5 Å². The molecule has 1 aliphatic rings. The van der Waals surface area contributed by atoms with Crippen molar-refractivity contribution >= 4 is 32.9 Å². The summed E-state index contributed by atoms with van der Waals surface area (Å²) in [4.78, 5) is 14.9. The van der Waals surface area contributed by atoms with Crippen LogP contribution in [0.15, 0.2) is 53.3 Å². The van der Waals surface area contributed by atoms with Gasteiger partial charge in [-0.25, -0.2) is 36.8 Å². The van der Waals surface area contributed by atoms with Crippen molar-refractivity contribution in [1.82, 2.24) is 14.8 Å². The number of carboxylic acids is 1. The van der Waals surface area contributed by atoms with E-state index in [1.165, 1.54) is 22.2 Å². The van der Waals surface area contributed by atoms with E-state index in [9.17, 15) is 40.3 Å². The fourth-order valence-corrected chi connectivity index (χ4v) is 5.83. The molecule has 0 aliphatic heterocycles. The number of hydrogen-bond donors (Lipinski definition) is 2. The van der Waals surface area contributed by atoms with Gasteiger partial charge >= 0.3 is 12.1 Å². The van der Waals surface area contributed by atoms with Crippen LogP contribution < -0.4 is 5.14 Å². The Labute approximate surface area is 240 Å². The maximum Gasteiger partial charge on any atom is 0.416 e. The number of benzene rings is 2. The summed E-state index contributed by atoms with van der Waals surface area (Å²) in [7, 11) is -4.34. The van der Waals surface area contributed by atoms with Crippen molar-refractivity contribution in [2.24, 2.45) is 11.1 Å². The third kappa shape index (κ3) is 5.98. The Kier molecular flexibility index (Phi) is 7.53. The summed E-state index contributed by atoms with van der Waals surface area (Å²) in [5.74, 6) is -3.27. The van der Waals surface area contributed by atoms with E-state index in [1.807, 2.05) is 0 Å². The van der Waals surface area contributed by atoms with Crippen LogP contribution in [0, 0.1) is 17.6 Å². The van der Waals surface area contributed by atoms with Gasteiger partial charge in [0.2, 0.25) is 15.2 Å². The van der Waals surface area contributed by atoms with E-state index in [-0.39, 0.29) is 34.4 Å². The van der Waals surface area contributed by atoms with Crippen LogP contribution in [0.3, 0.4) is 0 Å². The molecule has 2 aromatic carbocycles. The molecule has 3 N–H and O–H groups in total. The van der Waals surface area contributed by atoms with Gasteiger partial charge in [-0.1, -0.05) is 12.6 Å². The first-order valence-corrected chi connectivity index (χ1v) is 14.7. The molecule has 1 fully saturated rings. The lowest BCUT2D eigenvalue weighted by Crippen LogP contribution is -2.14. The van der Waals surface area contributed by atoms with Crippen molar-refractivity contribution in [3.05, 3.63) is 88.1 Å². The molecular weight excluding hydrogens is 603 g/mol. The molecule has 8 nitrogen and oxygen atoms in total. The predicted molar refractivity (Wildman–Crippen MR) is 144 cm³/mol. The van der Waals surface area contributed by atoms with E-state index in [0.29, 0.717) is 23.2 Å². The number of nitrogens with two attached hydrogens (primary N) is 1. The number of carboxylic acid groups (broad SMARTS) is 1. The highest BCUT2D eigenvalue weighted by Crippen LogP contribution is 2.40. The number of aromatic carboxylic acids is 1. The zero-order valence-corrected chi connectivity index (χ0v) is 23.1. The van der Waals surface area contributed by atoms with Crippen LogP contribution in [0.25, 0.3) is 22.0 Å². The summed E-state index contributed by atoms with van der Waals surface area (Å²) >= 11 is 0.982. The van der Waals surface area contributed by atoms with Crippen molar-refractivity contribution in [3.63, 3.8) is 0 Å². The molecule has 0 amide bonds. The SMILES string of the molecule is C=C(c1cc(-c2nn(-c3nc(C(=O)O)cs3)c(CC3CC3)c2Cc2ccc(S(N)(=O)=O)c(F)c2)ccc1F)C(F)(F)F. The average molecular weight is 625 g/mol. The lowest BCUT2D eigenvalue weighted by molar-refractivity contribution is -0.0688. The van der Waals surface area contributed by atoms with Crippen LogP contribution in [0.1, 0.15) is 45.7 Å². The number of primary sulfonamides is 1. The highest BCUT2D eigenvalue weighted by Gasteiger charge is 2.35. The number of rotatable bonds is 9. The van der Waals surface area contributed by atoms with E-state index in [4.69, 9.17) is 5.14 Å². The fraction of sp³-hybridized carbons (Fsp3) is 0.222. The number of nitrogens with zero attached hydrogens (tertiary/aromatic N) is 3. The molecule has 1 aliphatic carbocycles. The molecule has 2 heterocycles. The Bertz CT molecular complexity index is 1840. The lowest BCUT2D eigenvalue weighted by Gasteiger charge is -2.13. The molecule has 4 aromatic rings. The minimum atomic E-state index is -4.91. The van der Waals surface area contributed by atoms with Gasteiger partial charge in [-0.05, 0) is 61.1 Å². The summed E-state index contributed by atoms with van der Waals surface area (Å²) in [6, 6.07) is 6.41. The van der Waals surface area contributed by atoms with Gasteiger partial charge in [0.1, 0.15) is 16.5 Å². The van der Waals surface area contributed by atoms with Crippen molar-refractivity contribution < 1.29 is 40.3 Å². The van der Waals surface area contributed by atoms with Gasteiger partial charge in [0.25, 0.3) is 0 Å². The van der Waals surface area contributed by atoms with Crippen LogP contribution in [0.2, 0.25) is 0 Å². The lowest BCUT2D eigenvalue weighted by atomic mass is 9.95. The summed E-state index contributed by atoms with van der Waals surface area (Å²) < 4.78 is 94.4. The third-order valence-corrected chi connectivity index (χ3v) is 8.51. The van der Waals surface area contributed by atoms with Crippen LogP contribution in [0.5, 0.6) is 0 Å². The number of carbonyl (C=O) groups is 1. The molecule has 0 saturated heterocycles. The predicted octanol–water partition coefficient (Wildman–Crippen LogP) is 5.74. The first kappa shape index (κ1) is 29.5. The first-order chi connectivity index (χ1) is 19.6. The quantitative estimate of drug-likeness (QED) is 0.229. The number of thiazole rings is 1. The maximum atomic E-state index is 14.7. The van der Waals surface area contributed by atoms with Crippen molar-refractivity contribution in [2.45, 2.75) is 36.8 Å². The van der Waals surface area contributed by atoms with Crippen LogP contribution in [-0.4, -0.2) is 40.4 Å². The van der Waals surface area contributed by atoms with E-state index >= 15 is 0 Å². The molecule has 0 bridgehead atoms. The van der Waals surface area contributed by atoms with Crippen LogP contribution in [0.4, 0.5) is 22.0 Å². The Balaban J connectivity index is 1.72. The molecule has 1 saturated carbocycles. The number of aromatic nitrogens is 3. The third-order valence-electron chi connectivity index (χ3n) is 6.75. The van der Waals surface area contributed by atoms with Crippen molar-refractivity contribution in [3.8, 4) is 16.4 Å². The van der Waals surface area contributed by atoms with Gasteiger partial charge in [-0.3, -0.25) is 0 Å². The standard InChI is InChI=1S/C27H21F5N4O4S2/c1-13(27(30,31)32)17-11-16(5-6-19(17)28)24-18(8-15-4-7-23(20(29)9-15)42(33,39)40)22(10-14-2-3-14)36(35-24)26-34-21(12-41-26)25(37)38/h4-7,9,11-12,14H,1-3,8,10H2,(H,37,38)(H2,33,39,40). The summed E-state index contributed by atoms with van der Waals surface area (Å²) in [5.41, 5.74) is -0.906. The number of sulfonamides is 1. The van der Waals surface area contributed by atoms with Crippen molar-refractivity contribution in [2.75, 3.05) is 0 Å². The molecule has 0 spiro atoms. The minimum absolute atomic E-state index is 0.0523. The normalized spacial score (nSPS) is 13.9. The molecule has 2 aromatic heterocycles. The highest BCUT2D eigenvalue weighted by molar-refractivity contribution is 7.89. The Morgan fingerprint density at radius 2 is 1.86 bits per heavy atom. The number of hydrogen-bond acceptors (Lipinski definition) is 6. The summed E-state index contributed by atoms with van der Waals surface area (Å²) in [6.07, 6.45) is -2.74. The molecule has 0 unspecified atom stereocenters. The van der Waals surface area contributed by atoms with Gasteiger partial charge < -0.3 is 5.11 Å². The second-order valence-electron chi connectivity index (χ2n) is 9.81. The fourth-order valence-electron chi connectivity index (χ4n) is 4.47. The topological polar surface area (TPSA) is 128 Å². The zero-order chi connectivity index (χ0) is 30.6. The Hall–Kier alpha value is -3.95.